The second-order valence-electron chi connectivity index (χ2n) is 4.03. The van der Waals surface area contributed by atoms with E-state index in [9.17, 15) is 4.79 Å². The van der Waals surface area contributed by atoms with E-state index in [-0.39, 0.29) is 5.91 Å². The molecule has 1 amide bonds. The molecule has 0 aliphatic carbocycles. The SMILES string of the molecule is CNc1cncc(C(=O)NCCc2ccn(C)n2)n1. The molecule has 2 rings (SSSR count). The fraction of sp³-hybridized carbons (Fsp3) is 0.333. The van der Waals surface area contributed by atoms with Gasteiger partial charge >= 0.3 is 0 Å². The standard InChI is InChI=1S/C12H16N6O/c1-13-11-8-14-7-10(16-11)12(19)15-5-3-9-4-6-18(2)17-9/h4,6-8H,3,5H2,1-2H3,(H,13,16)(H,15,19). The van der Waals surface area contributed by atoms with Crippen molar-refractivity contribution in [1.82, 2.24) is 25.1 Å². The third-order valence-electron chi connectivity index (χ3n) is 2.56. The van der Waals surface area contributed by atoms with E-state index < -0.39 is 0 Å². The lowest BCUT2D eigenvalue weighted by Gasteiger charge is -2.04. The molecule has 100 valence electrons. The molecule has 0 aliphatic heterocycles. The Morgan fingerprint density at radius 3 is 2.95 bits per heavy atom. The summed E-state index contributed by atoms with van der Waals surface area (Å²) in [4.78, 5) is 19.9. The van der Waals surface area contributed by atoms with Crippen LogP contribution < -0.4 is 10.6 Å². The highest BCUT2D eigenvalue weighted by atomic mass is 16.1. The first kappa shape index (κ1) is 13.0. The average molecular weight is 260 g/mol. The third kappa shape index (κ3) is 3.51. The van der Waals surface area contributed by atoms with Crippen LogP contribution in [0.25, 0.3) is 0 Å². The van der Waals surface area contributed by atoms with Gasteiger partial charge in [-0.2, -0.15) is 5.10 Å². The summed E-state index contributed by atoms with van der Waals surface area (Å²) in [7, 11) is 3.59. The van der Waals surface area contributed by atoms with Gasteiger partial charge in [0.2, 0.25) is 0 Å². The van der Waals surface area contributed by atoms with Crippen LogP contribution in [0.1, 0.15) is 16.2 Å². The smallest absolute Gasteiger partial charge is 0.271 e. The Morgan fingerprint density at radius 1 is 1.42 bits per heavy atom. The van der Waals surface area contributed by atoms with Crippen LogP contribution in [0, 0.1) is 0 Å². The number of nitrogens with one attached hydrogen (secondary N) is 2. The molecule has 0 saturated carbocycles. The summed E-state index contributed by atoms with van der Waals surface area (Å²) in [6, 6.07) is 1.92. The van der Waals surface area contributed by atoms with Crippen molar-refractivity contribution in [2.75, 3.05) is 18.9 Å². The molecular weight excluding hydrogens is 244 g/mol. The molecule has 0 saturated heterocycles. The van der Waals surface area contributed by atoms with E-state index in [1.807, 2.05) is 19.3 Å². The number of aromatic nitrogens is 4. The van der Waals surface area contributed by atoms with Crippen molar-refractivity contribution in [2.45, 2.75) is 6.42 Å². The summed E-state index contributed by atoms with van der Waals surface area (Å²) in [5, 5.41) is 9.87. The minimum Gasteiger partial charge on any atom is -0.372 e. The second-order valence-corrected chi connectivity index (χ2v) is 4.03. The van der Waals surface area contributed by atoms with Gasteiger partial charge in [-0.3, -0.25) is 14.5 Å². The number of anilines is 1. The summed E-state index contributed by atoms with van der Waals surface area (Å²) in [6.07, 6.45) is 5.56. The number of rotatable bonds is 5. The van der Waals surface area contributed by atoms with Crippen molar-refractivity contribution in [3.05, 3.63) is 36.0 Å². The highest BCUT2D eigenvalue weighted by molar-refractivity contribution is 5.92. The lowest BCUT2D eigenvalue weighted by Crippen LogP contribution is -2.27. The highest BCUT2D eigenvalue weighted by Gasteiger charge is 2.08. The van der Waals surface area contributed by atoms with Crippen LogP contribution in [0.5, 0.6) is 0 Å². The number of hydrogen-bond donors (Lipinski definition) is 2. The van der Waals surface area contributed by atoms with E-state index in [2.05, 4.69) is 25.7 Å². The van der Waals surface area contributed by atoms with Gasteiger partial charge in [0.1, 0.15) is 11.5 Å². The number of nitrogens with zero attached hydrogens (tertiary/aromatic N) is 4. The fourth-order valence-electron chi connectivity index (χ4n) is 1.59. The third-order valence-corrected chi connectivity index (χ3v) is 2.56. The molecule has 2 heterocycles. The maximum Gasteiger partial charge on any atom is 0.271 e. The summed E-state index contributed by atoms with van der Waals surface area (Å²) < 4.78 is 1.74. The Hall–Kier alpha value is -2.44. The molecule has 0 unspecified atom stereocenters. The molecule has 0 radical (unpaired) electrons. The van der Waals surface area contributed by atoms with Crippen molar-refractivity contribution in [1.29, 1.82) is 0 Å². The van der Waals surface area contributed by atoms with Crippen molar-refractivity contribution in [2.24, 2.45) is 7.05 Å². The van der Waals surface area contributed by atoms with Gasteiger partial charge < -0.3 is 10.6 Å². The molecule has 0 aliphatic rings. The summed E-state index contributed by atoms with van der Waals surface area (Å²) in [6.45, 7) is 0.515. The normalized spacial score (nSPS) is 10.2. The largest absolute Gasteiger partial charge is 0.372 e. The van der Waals surface area contributed by atoms with Crippen LogP contribution in [0.4, 0.5) is 5.82 Å². The molecular formula is C12H16N6O. The number of aryl methyl sites for hydroxylation is 1. The molecule has 0 aromatic carbocycles. The van der Waals surface area contributed by atoms with Crippen LogP contribution in [0.15, 0.2) is 24.7 Å². The first-order chi connectivity index (χ1) is 9.19. The number of hydrogen-bond acceptors (Lipinski definition) is 5. The molecule has 19 heavy (non-hydrogen) atoms. The Labute approximate surface area is 111 Å². The average Bonchev–Trinajstić information content (AvgIpc) is 2.84. The summed E-state index contributed by atoms with van der Waals surface area (Å²) >= 11 is 0. The van der Waals surface area contributed by atoms with Gasteiger partial charge in [-0.1, -0.05) is 0 Å². The van der Waals surface area contributed by atoms with Crippen LogP contribution in [-0.4, -0.2) is 39.2 Å². The topological polar surface area (TPSA) is 84.7 Å². The Balaban J connectivity index is 1.87. The van der Waals surface area contributed by atoms with E-state index >= 15 is 0 Å². The molecule has 0 atom stereocenters. The van der Waals surface area contributed by atoms with Gasteiger partial charge in [-0.15, -0.1) is 0 Å². The molecule has 2 N–H and O–H groups in total. The summed E-state index contributed by atoms with van der Waals surface area (Å²) in [5.41, 5.74) is 1.24. The van der Waals surface area contributed by atoms with Gasteiger partial charge in [0, 0.05) is 33.3 Å². The lowest BCUT2D eigenvalue weighted by molar-refractivity contribution is 0.0949. The van der Waals surface area contributed by atoms with Crippen LogP contribution >= 0.6 is 0 Å². The fourth-order valence-corrected chi connectivity index (χ4v) is 1.59. The van der Waals surface area contributed by atoms with Crippen molar-refractivity contribution >= 4 is 11.7 Å². The van der Waals surface area contributed by atoms with E-state index in [1.165, 1.54) is 6.20 Å². The van der Waals surface area contributed by atoms with E-state index in [4.69, 9.17) is 0 Å². The molecule has 2 aromatic heterocycles. The first-order valence-electron chi connectivity index (χ1n) is 5.95. The monoisotopic (exact) mass is 260 g/mol. The van der Waals surface area contributed by atoms with Crippen molar-refractivity contribution < 1.29 is 4.79 Å². The van der Waals surface area contributed by atoms with Gasteiger partial charge in [-0.05, 0) is 6.07 Å². The maximum absolute atomic E-state index is 11.8. The molecule has 0 spiro atoms. The Kier molecular flexibility index (Phi) is 4.07. The zero-order chi connectivity index (χ0) is 13.7. The predicted octanol–water partition coefficient (Wildman–Crippen LogP) is 0.224. The minimum absolute atomic E-state index is 0.236. The molecule has 7 heteroatoms. The van der Waals surface area contributed by atoms with Crippen molar-refractivity contribution in [3.63, 3.8) is 0 Å². The molecule has 2 aromatic rings. The lowest BCUT2D eigenvalue weighted by atomic mass is 10.3. The minimum atomic E-state index is -0.236. The number of carbonyl (C=O) groups excluding carboxylic acids is 1. The quantitative estimate of drug-likeness (QED) is 0.803. The van der Waals surface area contributed by atoms with Crippen LogP contribution in [-0.2, 0) is 13.5 Å². The second kappa shape index (κ2) is 5.94. The molecule has 0 fully saturated rings. The zero-order valence-electron chi connectivity index (χ0n) is 10.9. The van der Waals surface area contributed by atoms with E-state index in [0.717, 1.165) is 5.69 Å². The summed E-state index contributed by atoms with van der Waals surface area (Å²) in [5.74, 6) is 0.331. The van der Waals surface area contributed by atoms with Crippen LogP contribution in [0.3, 0.4) is 0 Å². The van der Waals surface area contributed by atoms with Crippen LogP contribution in [0.2, 0.25) is 0 Å². The zero-order valence-corrected chi connectivity index (χ0v) is 10.9. The van der Waals surface area contributed by atoms with Crippen molar-refractivity contribution in [3.8, 4) is 0 Å². The predicted molar refractivity (Wildman–Crippen MR) is 70.8 cm³/mol. The van der Waals surface area contributed by atoms with E-state index in [0.29, 0.717) is 24.5 Å². The Morgan fingerprint density at radius 2 is 2.26 bits per heavy atom. The van der Waals surface area contributed by atoms with E-state index in [1.54, 1.807) is 17.9 Å². The first-order valence-corrected chi connectivity index (χ1v) is 5.95. The van der Waals surface area contributed by atoms with Gasteiger partial charge in [0.15, 0.2) is 0 Å². The Bertz CT molecular complexity index is 565. The number of amides is 1. The number of carbonyl (C=O) groups is 1. The van der Waals surface area contributed by atoms with Gasteiger partial charge in [-0.25, -0.2) is 4.98 Å². The maximum atomic E-state index is 11.8. The van der Waals surface area contributed by atoms with Gasteiger partial charge in [0.05, 0.1) is 18.1 Å². The molecule has 7 nitrogen and oxygen atoms in total. The highest BCUT2D eigenvalue weighted by Crippen LogP contribution is 2.01. The van der Waals surface area contributed by atoms with Gasteiger partial charge in [0.25, 0.3) is 5.91 Å². The molecule has 0 bridgehead atoms.